The fraction of sp³-hybridized carbons (Fsp3) is 0.423. The molecule has 1 fully saturated rings. The van der Waals surface area contributed by atoms with Gasteiger partial charge in [-0.2, -0.15) is 0 Å². The van der Waals surface area contributed by atoms with E-state index < -0.39 is 0 Å². The Labute approximate surface area is 194 Å². The summed E-state index contributed by atoms with van der Waals surface area (Å²) in [6, 6.07) is 15.0. The number of amides is 1. The molecule has 32 heavy (non-hydrogen) atoms. The molecule has 2 aliphatic heterocycles. The highest BCUT2D eigenvalue weighted by Crippen LogP contribution is 2.31. The van der Waals surface area contributed by atoms with Gasteiger partial charge in [0.1, 0.15) is 5.75 Å². The van der Waals surface area contributed by atoms with E-state index >= 15 is 0 Å². The van der Waals surface area contributed by atoms with E-state index in [1.807, 2.05) is 23.5 Å². The number of ether oxygens (including phenoxy) is 1. The molecule has 0 radical (unpaired) electrons. The molecule has 1 N–H and O–H groups in total. The molecule has 0 unspecified atom stereocenters. The molecule has 3 aromatic rings. The Morgan fingerprint density at radius 3 is 2.94 bits per heavy atom. The first kappa shape index (κ1) is 21.3. The van der Waals surface area contributed by atoms with Crippen molar-refractivity contribution in [2.45, 2.75) is 32.1 Å². The molecule has 5 rings (SSSR count). The van der Waals surface area contributed by atoms with Crippen molar-refractivity contribution in [2.75, 3.05) is 49.5 Å². The minimum absolute atomic E-state index is 0.0951. The van der Waals surface area contributed by atoms with Gasteiger partial charge in [0.2, 0.25) is 5.91 Å². The molecule has 1 saturated heterocycles. The van der Waals surface area contributed by atoms with Gasteiger partial charge < -0.3 is 19.9 Å². The van der Waals surface area contributed by atoms with Gasteiger partial charge in [-0.25, -0.2) is 0 Å². The van der Waals surface area contributed by atoms with Crippen LogP contribution in [-0.4, -0.2) is 50.1 Å². The molecule has 1 aromatic heterocycles. The molecule has 168 valence electrons. The molecule has 3 heterocycles. The maximum Gasteiger partial charge on any atom is 0.224 e. The zero-order valence-corrected chi connectivity index (χ0v) is 19.3. The van der Waals surface area contributed by atoms with E-state index in [1.54, 1.807) is 0 Å². The molecule has 1 amide bonds. The van der Waals surface area contributed by atoms with Crippen molar-refractivity contribution in [1.29, 1.82) is 0 Å². The summed E-state index contributed by atoms with van der Waals surface area (Å²) < 4.78 is 7.33. The summed E-state index contributed by atoms with van der Waals surface area (Å²) in [4.78, 5) is 16.8. The van der Waals surface area contributed by atoms with Crippen molar-refractivity contribution in [1.82, 2.24) is 4.90 Å². The maximum absolute atomic E-state index is 11.6. The molecule has 0 aliphatic carbocycles. The zero-order chi connectivity index (χ0) is 21.8. The molecule has 0 atom stereocenters. The van der Waals surface area contributed by atoms with E-state index in [9.17, 15) is 4.79 Å². The van der Waals surface area contributed by atoms with Crippen LogP contribution in [0.5, 0.6) is 5.75 Å². The van der Waals surface area contributed by atoms with Gasteiger partial charge in [-0.15, -0.1) is 11.3 Å². The Morgan fingerprint density at radius 2 is 1.97 bits per heavy atom. The SMILES string of the molecule is O=C1CCc2ccc(OCCCCN3CCCN(c4cccc5sccc45)CC3)cc2N1. The number of fused-ring (bicyclic) bond motifs is 2. The summed E-state index contributed by atoms with van der Waals surface area (Å²) in [5.41, 5.74) is 3.49. The number of unbranched alkanes of at least 4 members (excludes halogenated alkanes) is 1. The molecular formula is C26H31N3O2S. The minimum Gasteiger partial charge on any atom is -0.494 e. The lowest BCUT2D eigenvalue weighted by Gasteiger charge is -2.24. The minimum atomic E-state index is 0.0951. The van der Waals surface area contributed by atoms with E-state index in [1.165, 1.54) is 34.3 Å². The standard InChI is InChI=1S/C26H31N3O2S/c30-26-10-8-20-7-9-21(19-23(20)27-26)31-17-2-1-12-28-13-4-14-29(16-15-28)24-5-3-6-25-22(24)11-18-32-25/h3,5-7,9,11,18-19H,1-2,4,8,10,12-17H2,(H,27,30). The van der Waals surface area contributed by atoms with Crippen molar-refractivity contribution >= 4 is 38.7 Å². The number of hydrogen-bond acceptors (Lipinski definition) is 5. The summed E-state index contributed by atoms with van der Waals surface area (Å²) in [5.74, 6) is 0.941. The van der Waals surface area contributed by atoms with E-state index in [2.05, 4.69) is 50.8 Å². The predicted octanol–water partition coefficient (Wildman–Crippen LogP) is 5.16. The number of carbonyl (C=O) groups is 1. The largest absolute Gasteiger partial charge is 0.494 e. The Bertz CT molecular complexity index is 1080. The van der Waals surface area contributed by atoms with Gasteiger partial charge in [-0.05, 0) is 74.0 Å². The summed E-state index contributed by atoms with van der Waals surface area (Å²) in [6.07, 6.45) is 4.78. The van der Waals surface area contributed by atoms with Crippen molar-refractivity contribution in [2.24, 2.45) is 0 Å². The average molecular weight is 450 g/mol. The van der Waals surface area contributed by atoms with Crippen molar-refractivity contribution in [3.05, 3.63) is 53.4 Å². The fourth-order valence-electron chi connectivity index (χ4n) is 4.76. The van der Waals surface area contributed by atoms with Gasteiger partial charge in [-0.3, -0.25) is 4.79 Å². The van der Waals surface area contributed by atoms with Crippen LogP contribution in [0.3, 0.4) is 0 Å². The highest BCUT2D eigenvalue weighted by molar-refractivity contribution is 7.17. The van der Waals surface area contributed by atoms with Crippen LogP contribution in [0.4, 0.5) is 11.4 Å². The third kappa shape index (κ3) is 4.92. The molecule has 2 aromatic carbocycles. The van der Waals surface area contributed by atoms with Crippen molar-refractivity contribution in [3.8, 4) is 5.75 Å². The number of benzene rings is 2. The summed E-state index contributed by atoms with van der Waals surface area (Å²) in [7, 11) is 0. The number of anilines is 2. The van der Waals surface area contributed by atoms with E-state index in [-0.39, 0.29) is 5.91 Å². The first-order valence-corrected chi connectivity index (χ1v) is 12.6. The van der Waals surface area contributed by atoms with Gasteiger partial charge in [0, 0.05) is 53.6 Å². The van der Waals surface area contributed by atoms with Gasteiger partial charge in [0.25, 0.3) is 0 Å². The molecule has 6 heteroatoms. The van der Waals surface area contributed by atoms with Crippen LogP contribution in [0, 0.1) is 0 Å². The highest BCUT2D eigenvalue weighted by Gasteiger charge is 2.17. The topological polar surface area (TPSA) is 44.8 Å². The Hall–Kier alpha value is -2.57. The van der Waals surface area contributed by atoms with Crippen LogP contribution in [-0.2, 0) is 11.2 Å². The fourth-order valence-corrected chi connectivity index (χ4v) is 5.56. The quantitative estimate of drug-likeness (QED) is 0.506. The summed E-state index contributed by atoms with van der Waals surface area (Å²) >= 11 is 1.82. The monoisotopic (exact) mass is 449 g/mol. The number of rotatable bonds is 7. The van der Waals surface area contributed by atoms with E-state index in [0.29, 0.717) is 13.0 Å². The van der Waals surface area contributed by atoms with Crippen LogP contribution in [0.15, 0.2) is 47.8 Å². The van der Waals surface area contributed by atoms with Gasteiger partial charge >= 0.3 is 0 Å². The second-order valence-corrected chi connectivity index (χ2v) is 9.66. The lowest BCUT2D eigenvalue weighted by Crippen LogP contribution is -2.31. The molecule has 0 saturated carbocycles. The number of nitrogens with one attached hydrogen (secondary N) is 1. The molecule has 5 nitrogen and oxygen atoms in total. The third-order valence-corrected chi connectivity index (χ3v) is 7.40. The van der Waals surface area contributed by atoms with Crippen LogP contribution in [0.25, 0.3) is 10.1 Å². The molecule has 0 spiro atoms. The number of hydrogen-bond donors (Lipinski definition) is 1. The summed E-state index contributed by atoms with van der Waals surface area (Å²) in [5, 5.41) is 6.53. The molecule has 2 aliphatic rings. The predicted molar refractivity (Wildman–Crippen MR) is 133 cm³/mol. The third-order valence-electron chi connectivity index (χ3n) is 6.52. The van der Waals surface area contributed by atoms with Crippen LogP contribution in [0.1, 0.15) is 31.2 Å². The van der Waals surface area contributed by atoms with Crippen LogP contribution in [0.2, 0.25) is 0 Å². The molecule has 0 bridgehead atoms. The van der Waals surface area contributed by atoms with Crippen LogP contribution < -0.4 is 15.0 Å². The Balaban J connectivity index is 1.06. The normalized spacial score (nSPS) is 17.1. The zero-order valence-electron chi connectivity index (χ0n) is 18.5. The highest BCUT2D eigenvalue weighted by atomic mass is 32.1. The average Bonchev–Trinajstić information content (AvgIpc) is 3.17. The van der Waals surface area contributed by atoms with Gasteiger partial charge in [0.15, 0.2) is 0 Å². The van der Waals surface area contributed by atoms with Crippen molar-refractivity contribution in [3.63, 3.8) is 0 Å². The first-order chi connectivity index (χ1) is 15.8. The molecular weight excluding hydrogens is 418 g/mol. The number of thiophene rings is 1. The number of nitrogens with zero attached hydrogens (tertiary/aromatic N) is 2. The summed E-state index contributed by atoms with van der Waals surface area (Å²) in [6.45, 7) is 6.34. The maximum atomic E-state index is 11.6. The van der Waals surface area contributed by atoms with E-state index in [0.717, 1.165) is 56.9 Å². The van der Waals surface area contributed by atoms with Gasteiger partial charge in [-0.1, -0.05) is 12.1 Å². The number of aryl methyl sites for hydroxylation is 1. The number of carbonyl (C=O) groups excluding carboxylic acids is 1. The Morgan fingerprint density at radius 1 is 1.00 bits per heavy atom. The second-order valence-electron chi connectivity index (χ2n) is 8.71. The Kier molecular flexibility index (Phi) is 6.60. The lowest BCUT2D eigenvalue weighted by atomic mass is 10.0. The first-order valence-electron chi connectivity index (χ1n) is 11.8. The lowest BCUT2D eigenvalue weighted by molar-refractivity contribution is -0.116. The van der Waals surface area contributed by atoms with Crippen molar-refractivity contribution < 1.29 is 9.53 Å². The second kappa shape index (κ2) is 9.92. The van der Waals surface area contributed by atoms with Crippen LogP contribution >= 0.6 is 11.3 Å². The van der Waals surface area contributed by atoms with Gasteiger partial charge in [0.05, 0.1) is 6.61 Å². The smallest absolute Gasteiger partial charge is 0.224 e. The van der Waals surface area contributed by atoms with E-state index in [4.69, 9.17) is 4.74 Å².